The number of nitrogens with one attached hydrogen (secondary N) is 1. The zero-order valence-electron chi connectivity index (χ0n) is 12.0. The van der Waals surface area contributed by atoms with E-state index in [-0.39, 0.29) is 6.04 Å². The van der Waals surface area contributed by atoms with Crippen molar-refractivity contribution in [3.8, 4) is 0 Å². The molecule has 0 aromatic carbocycles. The predicted molar refractivity (Wildman–Crippen MR) is 78.2 cm³/mol. The Morgan fingerprint density at radius 2 is 1.35 bits per heavy atom. The molecule has 0 bridgehead atoms. The minimum Gasteiger partial charge on any atom is -0.255 e. The fraction of sp³-hybridized carbons (Fsp3) is 0.875. The van der Waals surface area contributed by atoms with Crippen molar-refractivity contribution in [3.05, 3.63) is 12.2 Å². The fourth-order valence-corrected chi connectivity index (χ4v) is 1.98. The van der Waals surface area contributed by atoms with Crippen molar-refractivity contribution in [3.63, 3.8) is 0 Å². The normalized spacial score (nSPS) is 13.4. The van der Waals surface area contributed by atoms with Gasteiger partial charge < -0.3 is 0 Å². The molecule has 0 aliphatic rings. The third-order valence-corrected chi connectivity index (χ3v) is 3.15. The van der Waals surface area contributed by atoms with Crippen molar-refractivity contribution in [2.75, 3.05) is 0 Å². The van der Waals surface area contributed by atoms with Crippen LogP contribution in [0.5, 0.6) is 0 Å². The molecule has 1 N–H and O–H groups in total. The third-order valence-electron chi connectivity index (χ3n) is 3.15. The topological polar surface area (TPSA) is 23.8 Å². The molecule has 1 heteroatoms. The first-order valence-electron chi connectivity index (χ1n) is 7.63. The Morgan fingerprint density at radius 1 is 0.824 bits per heavy atom. The molecule has 0 saturated heterocycles. The molecule has 0 rings (SSSR count). The van der Waals surface area contributed by atoms with Gasteiger partial charge in [-0.25, -0.2) is 0 Å². The third kappa shape index (κ3) is 15.7. The fourth-order valence-electron chi connectivity index (χ4n) is 1.98. The molecule has 0 spiro atoms. The average Bonchev–Trinajstić information content (AvgIpc) is 2.30. The second-order valence-electron chi connectivity index (χ2n) is 5.21. The summed E-state index contributed by atoms with van der Waals surface area (Å²) in [5.41, 5.74) is 7.41. The summed E-state index contributed by atoms with van der Waals surface area (Å²) in [6.07, 6.45) is 19.0. The zero-order valence-corrected chi connectivity index (χ0v) is 12.0. The highest BCUT2D eigenvalue weighted by atomic mass is 14.6. The molecule has 0 aliphatic carbocycles. The predicted octanol–water partition coefficient (Wildman–Crippen LogP) is 5.53. The molecule has 101 valence electrons. The molecule has 0 aromatic heterocycles. The Kier molecular flexibility index (Phi) is 13.5. The van der Waals surface area contributed by atoms with Gasteiger partial charge in [-0.15, -0.1) is 0 Å². The molecular formula is C16H32N. The molecule has 0 saturated carbocycles. The lowest BCUT2D eigenvalue weighted by Crippen LogP contribution is -2.00. The Balaban J connectivity index is 3.01. The first-order valence-corrected chi connectivity index (χ1v) is 7.63. The van der Waals surface area contributed by atoms with E-state index in [9.17, 15) is 0 Å². The molecule has 0 amide bonds. The van der Waals surface area contributed by atoms with Crippen LogP contribution in [-0.2, 0) is 0 Å². The van der Waals surface area contributed by atoms with Gasteiger partial charge in [0.15, 0.2) is 0 Å². The van der Waals surface area contributed by atoms with Crippen molar-refractivity contribution in [2.45, 2.75) is 90.5 Å². The largest absolute Gasteiger partial charge is 0.255 e. The number of allylic oxidation sites excluding steroid dienone is 2. The quantitative estimate of drug-likeness (QED) is 0.315. The van der Waals surface area contributed by atoms with Gasteiger partial charge in [-0.3, -0.25) is 5.73 Å². The van der Waals surface area contributed by atoms with Gasteiger partial charge in [0.2, 0.25) is 0 Å². The molecular weight excluding hydrogens is 206 g/mol. The molecule has 1 unspecified atom stereocenters. The lowest BCUT2D eigenvalue weighted by molar-refractivity contribution is 0.544. The van der Waals surface area contributed by atoms with E-state index in [2.05, 4.69) is 19.1 Å². The van der Waals surface area contributed by atoms with Crippen molar-refractivity contribution < 1.29 is 0 Å². The van der Waals surface area contributed by atoms with Crippen LogP contribution in [0.3, 0.4) is 0 Å². The Bertz CT molecular complexity index is 161. The van der Waals surface area contributed by atoms with Crippen LogP contribution in [0.4, 0.5) is 0 Å². The summed E-state index contributed by atoms with van der Waals surface area (Å²) >= 11 is 0. The smallest absolute Gasteiger partial charge is 0.0184 e. The summed E-state index contributed by atoms with van der Waals surface area (Å²) in [5.74, 6) is 0. The van der Waals surface area contributed by atoms with Crippen LogP contribution in [0.1, 0.15) is 84.5 Å². The number of unbranched alkanes of at least 4 members (excludes halogenated alkanes) is 8. The highest BCUT2D eigenvalue weighted by molar-refractivity contribution is 4.81. The standard InChI is InChI=1S/C16H32N/c1-3-4-5-6-7-8-9-10-11-12-13-14-15-16(2)17/h6-7,16-17H,3-5,8-15H2,1-2H3/b7-6+. The van der Waals surface area contributed by atoms with E-state index < -0.39 is 0 Å². The summed E-state index contributed by atoms with van der Waals surface area (Å²) in [5, 5.41) is 0. The molecule has 0 fully saturated rings. The van der Waals surface area contributed by atoms with Gasteiger partial charge >= 0.3 is 0 Å². The molecule has 1 radical (unpaired) electrons. The van der Waals surface area contributed by atoms with Crippen LogP contribution in [0, 0.1) is 0 Å². The first kappa shape index (κ1) is 16.7. The van der Waals surface area contributed by atoms with Crippen molar-refractivity contribution in [1.29, 1.82) is 0 Å². The molecule has 0 aliphatic heterocycles. The van der Waals surface area contributed by atoms with Gasteiger partial charge in [0, 0.05) is 6.04 Å². The Morgan fingerprint density at radius 3 is 1.94 bits per heavy atom. The van der Waals surface area contributed by atoms with Gasteiger partial charge in [-0.05, 0) is 32.6 Å². The van der Waals surface area contributed by atoms with E-state index in [1.807, 2.05) is 6.92 Å². The summed E-state index contributed by atoms with van der Waals surface area (Å²) in [7, 11) is 0. The van der Waals surface area contributed by atoms with Crippen LogP contribution in [-0.4, -0.2) is 6.04 Å². The van der Waals surface area contributed by atoms with Crippen LogP contribution < -0.4 is 5.73 Å². The molecule has 1 atom stereocenters. The van der Waals surface area contributed by atoms with E-state index in [0.717, 1.165) is 6.42 Å². The van der Waals surface area contributed by atoms with E-state index in [1.165, 1.54) is 64.2 Å². The number of rotatable bonds is 12. The number of hydrogen-bond donors (Lipinski definition) is 0. The molecule has 0 aromatic rings. The van der Waals surface area contributed by atoms with Crippen LogP contribution in [0.2, 0.25) is 0 Å². The molecule has 17 heavy (non-hydrogen) atoms. The highest BCUT2D eigenvalue weighted by Crippen LogP contribution is 2.10. The minimum absolute atomic E-state index is 0.142. The van der Waals surface area contributed by atoms with E-state index >= 15 is 0 Å². The lowest BCUT2D eigenvalue weighted by atomic mass is 10.1. The SMILES string of the molecule is CCCC/C=C/CCCCCCCCC(C)[NH]. The van der Waals surface area contributed by atoms with Gasteiger partial charge in [0.25, 0.3) is 0 Å². The van der Waals surface area contributed by atoms with Crippen molar-refractivity contribution >= 4 is 0 Å². The zero-order chi connectivity index (χ0) is 12.8. The van der Waals surface area contributed by atoms with Gasteiger partial charge in [0.05, 0.1) is 0 Å². The lowest BCUT2D eigenvalue weighted by Gasteiger charge is -2.03. The van der Waals surface area contributed by atoms with Crippen LogP contribution in [0.15, 0.2) is 12.2 Å². The Hall–Kier alpha value is -0.300. The average molecular weight is 238 g/mol. The maximum Gasteiger partial charge on any atom is 0.0184 e. The second kappa shape index (κ2) is 13.8. The minimum atomic E-state index is 0.142. The van der Waals surface area contributed by atoms with Crippen molar-refractivity contribution in [1.82, 2.24) is 5.73 Å². The second-order valence-corrected chi connectivity index (χ2v) is 5.21. The molecule has 1 nitrogen and oxygen atoms in total. The number of hydrogen-bond acceptors (Lipinski definition) is 0. The summed E-state index contributed by atoms with van der Waals surface area (Å²) in [4.78, 5) is 0. The highest BCUT2D eigenvalue weighted by Gasteiger charge is 1.95. The summed E-state index contributed by atoms with van der Waals surface area (Å²) in [6, 6.07) is 0.142. The summed E-state index contributed by atoms with van der Waals surface area (Å²) in [6.45, 7) is 4.24. The Labute approximate surface area is 109 Å². The monoisotopic (exact) mass is 238 g/mol. The molecule has 0 heterocycles. The van der Waals surface area contributed by atoms with Gasteiger partial charge in [-0.2, -0.15) is 0 Å². The van der Waals surface area contributed by atoms with Crippen LogP contribution >= 0.6 is 0 Å². The van der Waals surface area contributed by atoms with E-state index in [0.29, 0.717) is 0 Å². The van der Waals surface area contributed by atoms with Gasteiger partial charge in [0.1, 0.15) is 0 Å². The van der Waals surface area contributed by atoms with Crippen LogP contribution in [0.25, 0.3) is 0 Å². The van der Waals surface area contributed by atoms with Gasteiger partial charge in [-0.1, -0.05) is 64.0 Å². The summed E-state index contributed by atoms with van der Waals surface area (Å²) < 4.78 is 0. The van der Waals surface area contributed by atoms with Crippen molar-refractivity contribution in [2.24, 2.45) is 0 Å². The maximum absolute atomic E-state index is 7.41. The van der Waals surface area contributed by atoms with E-state index in [4.69, 9.17) is 5.73 Å². The first-order chi connectivity index (χ1) is 8.27. The maximum atomic E-state index is 7.41. The van der Waals surface area contributed by atoms with E-state index in [1.54, 1.807) is 0 Å².